The quantitative estimate of drug-likeness (QED) is 0.112. The number of hydrogen-bond acceptors (Lipinski definition) is 14. The number of rotatable bonds is 0. The van der Waals surface area contributed by atoms with Crippen molar-refractivity contribution in [1.82, 2.24) is 0 Å². The predicted octanol–water partition coefficient (Wildman–Crippen LogP) is -8.84. The van der Waals surface area contributed by atoms with Crippen LogP contribution in [0.4, 0.5) is 0 Å². The molecule has 0 aromatic heterocycles. The van der Waals surface area contributed by atoms with E-state index < -0.39 is 29.3 Å². The predicted molar refractivity (Wildman–Crippen MR) is 62.0 cm³/mol. The monoisotopic (exact) mass is 306 g/mol. The van der Waals surface area contributed by atoms with Gasteiger partial charge in [-0.15, -0.1) is 0 Å². The Labute approximate surface area is 130 Å². The second-order valence-electron chi connectivity index (χ2n) is 1.39. The standard InChI is InChI=1S/4BH3O3.Na.H2O2.H/c4*2-1(3)4;;1-2;/h4*2-4H;;1-2H;. The maximum absolute atomic E-state index is 7.17. The third-order valence-electron chi connectivity index (χ3n) is 0. The Hall–Kier alpha value is 0.700. The summed E-state index contributed by atoms with van der Waals surface area (Å²) >= 11 is 0. The van der Waals surface area contributed by atoms with E-state index in [0.717, 1.165) is 0 Å². The summed E-state index contributed by atoms with van der Waals surface area (Å²) in [6.07, 6.45) is 0. The van der Waals surface area contributed by atoms with Gasteiger partial charge in [0.2, 0.25) is 0 Å². The Morgan fingerprint density at radius 2 is 0.316 bits per heavy atom. The first kappa shape index (κ1) is 36.7. The average molecular weight is 305 g/mol. The molecule has 0 saturated heterocycles. The van der Waals surface area contributed by atoms with Gasteiger partial charge in [0.25, 0.3) is 0 Å². The summed E-state index contributed by atoms with van der Waals surface area (Å²) in [5, 5.41) is 98.0. The van der Waals surface area contributed by atoms with Gasteiger partial charge in [-0.2, -0.15) is 0 Å². The molecule has 0 radical (unpaired) electrons. The van der Waals surface area contributed by atoms with Crippen molar-refractivity contribution in [2.45, 2.75) is 0 Å². The van der Waals surface area contributed by atoms with Crippen LogP contribution in [0.1, 0.15) is 0 Å². The van der Waals surface area contributed by atoms with Crippen molar-refractivity contribution in [2.75, 3.05) is 0 Å². The minimum atomic E-state index is -2.17. The van der Waals surface area contributed by atoms with Gasteiger partial charge in [-0.3, -0.25) is 10.5 Å². The molecule has 14 nitrogen and oxygen atoms in total. The molecule has 0 amide bonds. The van der Waals surface area contributed by atoms with Gasteiger partial charge >= 0.3 is 58.8 Å². The van der Waals surface area contributed by atoms with E-state index in [-0.39, 0.29) is 29.6 Å². The topological polar surface area (TPSA) is 283 Å². The van der Waals surface area contributed by atoms with Gasteiger partial charge in [0, 0.05) is 0 Å². The molecule has 0 aromatic rings. The zero-order chi connectivity index (χ0) is 16.3. The van der Waals surface area contributed by atoms with Crippen LogP contribution in [-0.4, -0.2) is 130 Å². The van der Waals surface area contributed by atoms with Gasteiger partial charge < -0.3 is 60.3 Å². The van der Waals surface area contributed by atoms with Crippen molar-refractivity contribution in [3.05, 3.63) is 0 Å². The van der Waals surface area contributed by atoms with Crippen LogP contribution < -0.4 is 0 Å². The third kappa shape index (κ3) is 10700. The van der Waals surface area contributed by atoms with Crippen LogP contribution in [0.15, 0.2) is 0 Å². The Kier molecular flexibility index (Phi) is 70.2. The van der Waals surface area contributed by atoms with Crippen molar-refractivity contribution in [2.24, 2.45) is 0 Å². The van der Waals surface area contributed by atoms with E-state index in [1.54, 1.807) is 0 Å². The normalized spacial score (nSPS) is 6.00. The van der Waals surface area contributed by atoms with Crippen LogP contribution in [0, 0.1) is 0 Å². The van der Waals surface area contributed by atoms with Gasteiger partial charge in [-0.1, -0.05) is 0 Å². The van der Waals surface area contributed by atoms with E-state index in [1.807, 2.05) is 0 Å². The van der Waals surface area contributed by atoms with Crippen LogP contribution >= 0.6 is 0 Å². The molecule has 0 rings (SSSR count). The summed E-state index contributed by atoms with van der Waals surface area (Å²) < 4.78 is 0. The Bertz CT molecular complexity index is 62.4. The molecular weight excluding hydrogens is 290 g/mol. The molecule has 0 unspecified atom stereocenters. The van der Waals surface area contributed by atoms with E-state index in [9.17, 15) is 0 Å². The summed E-state index contributed by atoms with van der Waals surface area (Å²) in [7, 11) is -8.67. The van der Waals surface area contributed by atoms with Gasteiger partial charge in [0.05, 0.1) is 0 Å². The molecule has 0 aliphatic heterocycles. The van der Waals surface area contributed by atoms with Gasteiger partial charge in [0.1, 0.15) is 0 Å². The maximum atomic E-state index is 7.17. The molecule has 112 valence electrons. The fraction of sp³-hybridized carbons (Fsp3) is 0. The van der Waals surface area contributed by atoms with Crippen LogP contribution in [0.2, 0.25) is 0 Å². The van der Waals surface area contributed by atoms with E-state index in [2.05, 4.69) is 0 Å². The fourth-order valence-electron chi connectivity index (χ4n) is 0. The second kappa shape index (κ2) is 36.3. The molecule has 0 aliphatic carbocycles. The zero-order valence-electron chi connectivity index (χ0n) is 8.57. The summed E-state index contributed by atoms with van der Waals surface area (Å²) in [4.78, 5) is 0. The molecule has 19 heteroatoms. The Morgan fingerprint density at radius 1 is 0.316 bits per heavy atom. The molecule has 0 fully saturated rings. The molecule has 14 N–H and O–H groups in total. The van der Waals surface area contributed by atoms with Crippen molar-refractivity contribution < 1.29 is 70.8 Å². The molecule has 0 aliphatic rings. The first-order valence-corrected chi connectivity index (χ1v) is 3.30. The zero-order valence-corrected chi connectivity index (χ0v) is 8.57. The van der Waals surface area contributed by atoms with Gasteiger partial charge in [0.15, 0.2) is 0 Å². The Morgan fingerprint density at radius 3 is 0.316 bits per heavy atom. The summed E-state index contributed by atoms with van der Waals surface area (Å²) in [5.41, 5.74) is 0. The Balaban J connectivity index is -0.0000000279. The first-order valence-electron chi connectivity index (χ1n) is 3.30. The summed E-state index contributed by atoms with van der Waals surface area (Å²) in [6, 6.07) is 0. The van der Waals surface area contributed by atoms with Crippen LogP contribution in [0.25, 0.3) is 0 Å². The van der Waals surface area contributed by atoms with Crippen LogP contribution in [0.5, 0.6) is 0 Å². The SMILES string of the molecule is OB(O)O.OB(O)O.OB(O)O.OB(O)O.OO.[NaH]. The molecule has 0 heterocycles. The molecule has 0 aromatic carbocycles. The van der Waals surface area contributed by atoms with Crippen molar-refractivity contribution in [1.29, 1.82) is 0 Å². The minimum absolute atomic E-state index is 0. The molecule has 0 bridgehead atoms. The second-order valence-corrected chi connectivity index (χ2v) is 1.39. The molecule has 19 heavy (non-hydrogen) atoms. The van der Waals surface area contributed by atoms with E-state index in [4.69, 9.17) is 70.8 Å². The van der Waals surface area contributed by atoms with E-state index in [1.165, 1.54) is 0 Å². The van der Waals surface area contributed by atoms with Crippen molar-refractivity contribution in [3.63, 3.8) is 0 Å². The summed E-state index contributed by atoms with van der Waals surface area (Å²) in [6.45, 7) is 0. The number of hydrogen-bond donors (Lipinski definition) is 14. The van der Waals surface area contributed by atoms with Crippen LogP contribution in [-0.2, 0) is 0 Å². The molecule has 0 saturated carbocycles. The first-order chi connectivity index (χ1) is 7.93. The molecular formula is H15B4NaO14. The van der Waals surface area contributed by atoms with Gasteiger partial charge in [-0.25, -0.2) is 0 Å². The van der Waals surface area contributed by atoms with E-state index >= 15 is 0 Å². The molecule has 0 atom stereocenters. The van der Waals surface area contributed by atoms with E-state index in [0.29, 0.717) is 0 Å². The fourth-order valence-corrected chi connectivity index (χ4v) is 0. The van der Waals surface area contributed by atoms with Crippen molar-refractivity contribution in [3.8, 4) is 0 Å². The molecule has 0 spiro atoms. The van der Waals surface area contributed by atoms with Crippen molar-refractivity contribution >= 4 is 58.8 Å². The third-order valence-corrected chi connectivity index (χ3v) is 0. The van der Waals surface area contributed by atoms with Crippen LogP contribution in [0.3, 0.4) is 0 Å². The summed E-state index contributed by atoms with van der Waals surface area (Å²) in [5.74, 6) is 0. The average Bonchev–Trinajstić information content (AvgIpc) is 2.01. The van der Waals surface area contributed by atoms with Gasteiger partial charge in [-0.05, 0) is 0 Å².